The monoisotopic (exact) mass is 262 g/mol. The highest BCUT2D eigenvalue weighted by Crippen LogP contribution is 2.43. The van der Waals surface area contributed by atoms with Crippen molar-refractivity contribution in [2.45, 2.75) is 18.8 Å². The van der Waals surface area contributed by atoms with E-state index in [9.17, 15) is 18.4 Å². The summed E-state index contributed by atoms with van der Waals surface area (Å²) in [4.78, 5) is 24.5. The van der Waals surface area contributed by atoms with Gasteiger partial charge in [0.1, 0.15) is 6.61 Å². The first-order valence-electron chi connectivity index (χ1n) is 5.81. The minimum absolute atomic E-state index is 0.0522. The van der Waals surface area contributed by atoms with Crippen molar-refractivity contribution < 1.29 is 23.1 Å². The summed E-state index contributed by atoms with van der Waals surface area (Å²) in [6.45, 7) is -0.435. The zero-order chi connectivity index (χ0) is 13.4. The summed E-state index contributed by atoms with van der Waals surface area (Å²) < 4.78 is 32.1. The molecule has 0 aliphatic carbocycles. The average molecular weight is 262 g/mol. The Bertz CT molecular complexity index is 375. The normalized spacial score (nSPS) is 30.6. The SMILES string of the molecule is COCC(=O)N1CC(F)(F)C[C@@]2(CCNC2=O)C1. The van der Waals surface area contributed by atoms with E-state index in [0.717, 1.165) is 4.90 Å². The molecule has 0 aromatic heterocycles. The van der Waals surface area contributed by atoms with Crippen LogP contribution in [0.4, 0.5) is 8.78 Å². The van der Waals surface area contributed by atoms with E-state index in [1.165, 1.54) is 7.11 Å². The van der Waals surface area contributed by atoms with E-state index in [4.69, 9.17) is 0 Å². The van der Waals surface area contributed by atoms with Gasteiger partial charge in [-0.25, -0.2) is 8.78 Å². The van der Waals surface area contributed by atoms with Crippen molar-refractivity contribution in [2.24, 2.45) is 5.41 Å². The van der Waals surface area contributed by atoms with Crippen LogP contribution in [0.3, 0.4) is 0 Å². The van der Waals surface area contributed by atoms with Crippen LogP contribution in [0.2, 0.25) is 0 Å². The molecule has 1 spiro atoms. The van der Waals surface area contributed by atoms with Gasteiger partial charge in [-0.2, -0.15) is 0 Å². The zero-order valence-electron chi connectivity index (χ0n) is 10.2. The maximum atomic E-state index is 13.7. The molecule has 2 aliphatic rings. The molecule has 0 aromatic rings. The van der Waals surface area contributed by atoms with Gasteiger partial charge in [-0.3, -0.25) is 9.59 Å². The van der Waals surface area contributed by atoms with Gasteiger partial charge in [0.25, 0.3) is 5.92 Å². The molecule has 1 atom stereocenters. The highest BCUT2D eigenvalue weighted by Gasteiger charge is 2.55. The summed E-state index contributed by atoms with van der Waals surface area (Å²) in [5, 5.41) is 2.57. The van der Waals surface area contributed by atoms with Crippen LogP contribution < -0.4 is 5.32 Å². The van der Waals surface area contributed by atoms with Crippen molar-refractivity contribution in [3.05, 3.63) is 0 Å². The molecule has 0 saturated carbocycles. The number of nitrogens with one attached hydrogen (secondary N) is 1. The molecule has 2 saturated heterocycles. The van der Waals surface area contributed by atoms with E-state index in [1.807, 2.05) is 0 Å². The van der Waals surface area contributed by atoms with Gasteiger partial charge in [0.05, 0.1) is 12.0 Å². The minimum atomic E-state index is -3.02. The summed E-state index contributed by atoms with van der Waals surface area (Å²) in [6, 6.07) is 0. The van der Waals surface area contributed by atoms with E-state index < -0.39 is 30.2 Å². The third kappa shape index (κ3) is 2.31. The van der Waals surface area contributed by atoms with Crippen LogP contribution in [0.1, 0.15) is 12.8 Å². The third-order valence-corrected chi connectivity index (χ3v) is 3.50. The lowest BCUT2D eigenvalue weighted by Gasteiger charge is -2.42. The van der Waals surface area contributed by atoms with Gasteiger partial charge in [-0.15, -0.1) is 0 Å². The number of alkyl halides is 2. The predicted molar refractivity (Wildman–Crippen MR) is 58.1 cm³/mol. The highest BCUT2D eigenvalue weighted by atomic mass is 19.3. The first kappa shape index (κ1) is 13.2. The number of hydrogen-bond acceptors (Lipinski definition) is 3. The number of nitrogens with zero attached hydrogens (tertiary/aromatic N) is 1. The molecular weight excluding hydrogens is 246 g/mol. The maximum absolute atomic E-state index is 13.7. The van der Waals surface area contributed by atoms with Crippen molar-refractivity contribution in [1.82, 2.24) is 10.2 Å². The predicted octanol–water partition coefficient (Wildman–Crippen LogP) is 0.00670. The highest BCUT2D eigenvalue weighted by molar-refractivity contribution is 5.86. The molecule has 102 valence electrons. The molecule has 2 heterocycles. The molecule has 0 aromatic carbocycles. The molecule has 2 rings (SSSR count). The molecule has 0 unspecified atom stereocenters. The van der Waals surface area contributed by atoms with E-state index in [1.54, 1.807) is 0 Å². The van der Waals surface area contributed by atoms with Gasteiger partial charge in [0.2, 0.25) is 11.8 Å². The number of carbonyl (C=O) groups excluding carboxylic acids is 2. The standard InChI is InChI=1S/C11H16F2N2O3/c1-18-4-8(16)15-6-10(2-3-14-9(10)17)5-11(12,13)7-15/h2-7H2,1H3,(H,14,17)/t10-/m0/s1. The number of amides is 2. The fraction of sp³-hybridized carbons (Fsp3) is 0.818. The van der Waals surface area contributed by atoms with Gasteiger partial charge in [0, 0.05) is 26.6 Å². The molecule has 2 amide bonds. The van der Waals surface area contributed by atoms with E-state index >= 15 is 0 Å². The quantitative estimate of drug-likeness (QED) is 0.762. The molecule has 0 bridgehead atoms. The van der Waals surface area contributed by atoms with E-state index in [-0.39, 0.29) is 19.1 Å². The average Bonchev–Trinajstić information content (AvgIpc) is 2.58. The lowest BCUT2D eigenvalue weighted by atomic mass is 9.77. The first-order chi connectivity index (χ1) is 8.38. The summed E-state index contributed by atoms with van der Waals surface area (Å²) in [5.41, 5.74) is -1.13. The van der Waals surface area contributed by atoms with Gasteiger partial charge >= 0.3 is 0 Å². The largest absolute Gasteiger partial charge is 0.375 e. The molecular formula is C11H16F2N2O3. The Labute approximate surface area is 103 Å². The molecule has 7 heteroatoms. The van der Waals surface area contributed by atoms with E-state index in [0.29, 0.717) is 13.0 Å². The number of halogens is 2. The molecule has 2 aliphatic heterocycles. The van der Waals surface area contributed by atoms with Crippen molar-refractivity contribution >= 4 is 11.8 Å². The van der Waals surface area contributed by atoms with Crippen LogP contribution in [0.25, 0.3) is 0 Å². The lowest BCUT2D eigenvalue weighted by molar-refractivity contribution is -0.162. The molecule has 1 N–H and O–H groups in total. The Hall–Kier alpha value is -1.24. The number of ether oxygens (including phenoxy) is 1. The molecule has 0 radical (unpaired) electrons. The number of hydrogen-bond donors (Lipinski definition) is 1. The van der Waals surface area contributed by atoms with Gasteiger partial charge < -0.3 is 15.0 Å². The maximum Gasteiger partial charge on any atom is 0.266 e. The Morgan fingerprint density at radius 2 is 2.22 bits per heavy atom. The number of methoxy groups -OCH3 is 1. The van der Waals surface area contributed by atoms with Crippen LogP contribution in [0, 0.1) is 5.41 Å². The number of piperidine rings is 1. The van der Waals surface area contributed by atoms with Crippen LogP contribution in [-0.4, -0.2) is 56.0 Å². The second kappa shape index (κ2) is 4.46. The number of likely N-dealkylation sites (tertiary alicyclic amines) is 1. The van der Waals surface area contributed by atoms with Crippen molar-refractivity contribution in [3.8, 4) is 0 Å². The Kier molecular flexibility index (Phi) is 3.27. The summed E-state index contributed by atoms with van der Waals surface area (Å²) in [7, 11) is 1.33. The van der Waals surface area contributed by atoms with E-state index in [2.05, 4.69) is 10.1 Å². The Balaban J connectivity index is 2.19. The second-order valence-corrected chi connectivity index (χ2v) is 5.00. The van der Waals surface area contributed by atoms with Gasteiger partial charge in [-0.1, -0.05) is 0 Å². The molecule has 5 nitrogen and oxygen atoms in total. The minimum Gasteiger partial charge on any atom is -0.375 e. The topological polar surface area (TPSA) is 58.6 Å². The van der Waals surface area contributed by atoms with Gasteiger partial charge in [-0.05, 0) is 6.42 Å². The first-order valence-corrected chi connectivity index (χ1v) is 5.81. The fourth-order valence-electron chi connectivity index (χ4n) is 2.73. The third-order valence-electron chi connectivity index (χ3n) is 3.50. The summed E-state index contributed by atoms with van der Waals surface area (Å²) in [6.07, 6.45) is -0.138. The lowest BCUT2D eigenvalue weighted by Crippen LogP contribution is -2.57. The van der Waals surface area contributed by atoms with Crippen molar-refractivity contribution in [2.75, 3.05) is 33.4 Å². The van der Waals surface area contributed by atoms with Crippen LogP contribution in [0.15, 0.2) is 0 Å². The van der Waals surface area contributed by atoms with Crippen LogP contribution in [-0.2, 0) is 14.3 Å². The van der Waals surface area contributed by atoms with Gasteiger partial charge in [0.15, 0.2) is 0 Å². The van der Waals surface area contributed by atoms with Crippen molar-refractivity contribution in [1.29, 1.82) is 0 Å². The van der Waals surface area contributed by atoms with Crippen LogP contribution >= 0.6 is 0 Å². The fourth-order valence-corrected chi connectivity index (χ4v) is 2.73. The summed E-state index contributed by atoms with van der Waals surface area (Å²) >= 11 is 0. The van der Waals surface area contributed by atoms with Crippen LogP contribution in [0.5, 0.6) is 0 Å². The molecule has 18 heavy (non-hydrogen) atoms. The zero-order valence-corrected chi connectivity index (χ0v) is 10.2. The molecule has 2 fully saturated rings. The Morgan fingerprint density at radius 1 is 1.50 bits per heavy atom. The smallest absolute Gasteiger partial charge is 0.266 e. The number of rotatable bonds is 2. The number of carbonyl (C=O) groups is 2. The Morgan fingerprint density at radius 3 is 2.78 bits per heavy atom. The second-order valence-electron chi connectivity index (χ2n) is 5.00. The van der Waals surface area contributed by atoms with Crippen molar-refractivity contribution in [3.63, 3.8) is 0 Å². The summed E-state index contributed by atoms with van der Waals surface area (Å²) in [5.74, 6) is -3.91.